The van der Waals surface area contributed by atoms with Crippen LogP contribution in [0, 0.1) is 0 Å². The normalized spacial score (nSPS) is 12.7. The molecule has 1 aromatic heterocycles. The Morgan fingerprint density at radius 1 is 1.31 bits per heavy atom. The number of nitrogens with zero attached hydrogens (tertiary/aromatic N) is 2. The molecule has 0 aliphatic rings. The Morgan fingerprint density at radius 2 is 2.06 bits per heavy atom. The van der Waals surface area contributed by atoms with Gasteiger partial charge in [0.1, 0.15) is 0 Å². The summed E-state index contributed by atoms with van der Waals surface area (Å²) in [6, 6.07) is 8.11. The third-order valence-corrected chi connectivity index (χ3v) is 3.51. The van der Waals surface area contributed by atoms with Gasteiger partial charge in [-0.2, -0.15) is 5.10 Å². The standard InChI is InChI=1S/C11H11Br2N3/c12-8-6-15-16(7-8)11(5-14)9-3-1-2-4-10(9)13/h1-4,6-7,11H,5,14H2. The van der Waals surface area contributed by atoms with Gasteiger partial charge in [0.25, 0.3) is 0 Å². The van der Waals surface area contributed by atoms with Crippen LogP contribution < -0.4 is 5.73 Å². The SMILES string of the molecule is NCC(c1ccccc1Br)n1cc(Br)cn1. The van der Waals surface area contributed by atoms with Crippen LogP contribution in [-0.4, -0.2) is 16.3 Å². The number of benzene rings is 1. The van der Waals surface area contributed by atoms with Gasteiger partial charge in [-0.15, -0.1) is 0 Å². The summed E-state index contributed by atoms with van der Waals surface area (Å²) in [5, 5.41) is 4.27. The molecule has 0 aliphatic carbocycles. The lowest BCUT2D eigenvalue weighted by atomic mass is 10.1. The summed E-state index contributed by atoms with van der Waals surface area (Å²) in [5.41, 5.74) is 6.96. The molecule has 84 valence electrons. The van der Waals surface area contributed by atoms with Gasteiger partial charge in [-0.3, -0.25) is 4.68 Å². The van der Waals surface area contributed by atoms with E-state index in [1.165, 1.54) is 0 Å². The quantitative estimate of drug-likeness (QED) is 0.930. The summed E-state index contributed by atoms with van der Waals surface area (Å²) < 4.78 is 3.87. The minimum Gasteiger partial charge on any atom is -0.328 e. The van der Waals surface area contributed by atoms with Gasteiger partial charge in [0, 0.05) is 17.2 Å². The number of hydrogen-bond acceptors (Lipinski definition) is 2. The summed E-state index contributed by atoms with van der Waals surface area (Å²) in [4.78, 5) is 0. The first-order valence-corrected chi connectivity index (χ1v) is 6.45. The summed E-state index contributed by atoms with van der Waals surface area (Å²) in [5.74, 6) is 0. The highest BCUT2D eigenvalue weighted by atomic mass is 79.9. The Hall–Kier alpha value is -0.650. The van der Waals surface area contributed by atoms with E-state index >= 15 is 0 Å². The van der Waals surface area contributed by atoms with E-state index in [-0.39, 0.29) is 6.04 Å². The van der Waals surface area contributed by atoms with Gasteiger partial charge >= 0.3 is 0 Å². The van der Waals surface area contributed by atoms with Crippen LogP contribution in [0.4, 0.5) is 0 Å². The van der Waals surface area contributed by atoms with Crippen molar-refractivity contribution in [3.05, 3.63) is 51.2 Å². The smallest absolute Gasteiger partial charge is 0.0901 e. The van der Waals surface area contributed by atoms with Crippen molar-refractivity contribution in [2.45, 2.75) is 6.04 Å². The van der Waals surface area contributed by atoms with Crippen molar-refractivity contribution >= 4 is 31.9 Å². The molecule has 0 amide bonds. The Balaban J connectivity index is 2.40. The monoisotopic (exact) mass is 343 g/mol. The minimum atomic E-state index is 0.0573. The number of hydrogen-bond donors (Lipinski definition) is 1. The van der Waals surface area contributed by atoms with Crippen LogP contribution in [0.3, 0.4) is 0 Å². The molecule has 16 heavy (non-hydrogen) atoms. The number of aromatic nitrogens is 2. The molecule has 2 aromatic rings. The maximum absolute atomic E-state index is 5.82. The van der Waals surface area contributed by atoms with E-state index in [2.05, 4.69) is 43.0 Å². The number of rotatable bonds is 3. The maximum Gasteiger partial charge on any atom is 0.0901 e. The largest absolute Gasteiger partial charge is 0.328 e. The molecular weight excluding hydrogens is 334 g/mol. The van der Waals surface area contributed by atoms with Crippen molar-refractivity contribution in [2.75, 3.05) is 6.54 Å². The zero-order chi connectivity index (χ0) is 11.5. The highest BCUT2D eigenvalue weighted by Gasteiger charge is 2.15. The van der Waals surface area contributed by atoms with Crippen molar-refractivity contribution < 1.29 is 0 Å². The molecule has 1 heterocycles. The summed E-state index contributed by atoms with van der Waals surface area (Å²) in [6.45, 7) is 0.511. The zero-order valence-electron chi connectivity index (χ0n) is 8.48. The lowest BCUT2D eigenvalue weighted by molar-refractivity contribution is 0.530. The van der Waals surface area contributed by atoms with Crippen LogP contribution in [-0.2, 0) is 0 Å². The van der Waals surface area contributed by atoms with Gasteiger partial charge in [-0.1, -0.05) is 34.1 Å². The van der Waals surface area contributed by atoms with E-state index in [0.29, 0.717) is 6.54 Å². The first-order valence-electron chi connectivity index (χ1n) is 4.86. The third-order valence-electron chi connectivity index (χ3n) is 2.38. The second kappa shape index (κ2) is 5.12. The first-order chi connectivity index (χ1) is 7.72. The Morgan fingerprint density at radius 3 is 2.62 bits per heavy atom. The van der Waals surface area contributed by atoms with Crippen molar-refractivity contribution in [3.63, 3.8) is 0 Å². The fraction of sp³-hybridized carbons (Fsp3) is 0.182. The van der Waals surface area contributed by atoms with E-state index in [1.807, 2.05) is 29.1 Å². The van der Waals surface area contributed by atoms with Crippen LogP contribution in [0.5, 0.6) is 0 Å². The molecule has 5 heteroatoms. The molecule has 0 radical (unpaired) electrons. The maximum atomic E-state index is 5.82. The van der Waals surface area contributed by atoms with Gasteiger partial charge in [-0.05, 0) is 27.6 Å². The van der Waals surface area contributed by atoms with Gasteiger partial charge in [0.2, 0.25) is 0 Å². The van der Waals surface area contributed by atoms with Crippen LogP contribution in [0.15, 0.2) is 45.6 Å². The number of nitrogens with two attached hydrogens (primary N) is 1. The summed E-state index contributed by atoms with van der Waals surface area (Å²) in [7, 11) is 0. The van der Waals surface area contributed by atoms with Gasteiger partial charge in [-0.25, -0.2) is 0 Å². The highest BCUT2D eigenvalue weighted by molar-refractivity contribution is 9.10. The number of halogens is 2. The second-order valence-corrected chi connectivity index (χ2v) is 5.18. The predicted molar refractivity (Wildman–Crippen MR) is 71.3 cm³/mol. The van der Waals surface area contributed by atoms with Crippen molar-refractivity contribution in [1.82, 2.24) is 9.78 Å². The topological polar surface area (TPSA) is 43.8 Å². The highest BCUT2D eigenvalue weighted by Crippen LogP contribution is 2.25. The molecular formula is C11H11Br2N3. The molecule has 0 fully saturated rings. The Labute approximate surface area is 111 Å². The van der Waals surface area contributed by atoms with E-state index in [4.69, 9.17) is 5.73 Å². The van der Waals surface area contributed by atoms with E-state index in [1.54, 1.807) is 6.20 Å². The predicted octanol–water partition coefficient (Wildman–Crippen LogP) is 2.96. The van der Waals surface area contributed by atoms with E-state index in [0.717, 1.165) is 14.5 Å². The molecule has 1 unspecified atom stereocenters. The van der Waals surface area contributed by atoms with Crippen LogP contribution in [0.1, 0.15) is 11.6 Å². The van der Waals surface area contributed by atoms with Crippen molar-refractivity contribution in [3.8, 4) is 0 Å². The van der Waals surface area contributed by atoms with Crippen LogP contribution >= 0.6 is 31.9 Å². The molecule has 0 saturated carbocycles. The lowest BCUT2D eigenvalue weighted by Crippen LogP contribution is -2.21. The Kier molecular flexibility index (Phi) is 3.78. The van der Waals surface area contributed by atoms with Crippen LogP contribution in [0.25, 0.3) is 0 Å². The second-order valence-electron chi connectivity index (χ2n) is 3.41. The van der Waals surface area contributed by atoms with Crippen molar-refractivity contribution in [1.29, 1.82) is 0 Å². The fourth-order valence-corrected chi connectivity index (χ4v) is 2.46. The zero-order valence-corrected chi connectivity index (χ0v) is 11.6. The fourth-order valence-electron chi connectivity index (χ4n) is 1.61. The Bertz CT molecular complexity index is 482. The summed E-state index contributed by atoms with van der Waals surface area (Å²) >= 11 is 6.92. The van der Waals surface area contributed by atoms with Crippen molar-refractivity contribution in [2.24, 2.45) is 5.73 Å². The average Bonchev–Trinajstić information content (AvgIpc) is 2.69. The molecule has 1 aromatic carbocycles. The van der Waals surface area contributed by atoms with Gasteiger partial charge < -0.3 is 5.73 Å². The first kappa shape index (κ1) is 11.8. The molecule has 2 rings (SSSR count). The van der Waals surface area contributed by atoms with E-state index < -0.39 is 0 Å². The minimum absolute atomic E-state index is 0.0573. The van der Waals surface area contributed by atoms with E-state index in [9.17, 15) is 0 Å². The third kappa shape index (κ3) is 2.36. The molecule has 2 N–H and O–H groups in total. The average molecular weight is 345 g/mol. The van der Waals surface area contributed by atoms with Gasteiger partial charge in [0.05, 0.1) is 16.7 Å². The molecule has 0 saturated heterocycles. The molecule has 1 atom stereocenters. The lowest BCUT2D eigenvalue weighted by Gasteiger charge is -2.17. The van der Waals surface area contributed by atoms with Crippen LogP contribution in [0.2, 0.25) is 0 Å². The molecule has 0 bridgehead atoms. The summed E-state index contributed by atoms with van der Waals surface area (Å²) in [6.07, 6.45) is 3.69. The molecule has 0 aliphatic heterocycles. The molecule has 0 spiro atoms. The van der Waals surface area contributed by atoms with Gasteiger partial charge in [0.15, 0.2) is 0 Å². The molecule has 3 nitrogen and oxygen atoms in total.